The second-order valence-electron chi connectivity index (χ2n) is 6.73. The van der Waals surface area contributed by atoms with Crippen LogP contribution in [0.1, 0.15) is 37.6 Å². The van der Waals surface area contributed by atoms with Crippen molar-refractivity contribution in [2.75, 3.05) is 46.8 Å². The second-order valence-corrected chi connectivity index (χ2v) is 7.71. The van der Waals surface area contributed by atoms with E-state index in [0.29, 0.717) is 12.1 Å². The fourth-order valence-corrected chi connectivity index (χ4v) is 3.83. The maximum absolute atomic E-state index is 4.37. The first-order chi connectivity index (χ1) is 11.6. The number of rotatable bonds is 8. The van der Waals surface area contributed by atoms with E-state index >= 15 is 0 Å². The molecule has 2 N–H and O–H groups in total. The van der Waals surface area contributed by atoms with E-state index in [0.717, 1.165) is 25.6 Å². The van der Waals surface area contributed by atoms with Gasteiger partial charge in [-0.2, -0.15) is 0 Å². The van der Waals surface area contributed by atoms with Gasteiger partial charge in [0.2, 0.25) is 0 Å². The third-order valence-corrected chi connectivity index (χ3v) is 5.75. The Morgan fingerprint density at radius 1 is 1.32 bits per heavy atom. The predicted octanol–water partition coefficient (Wildman–Crippen LogP) is 3.01. The van der Waals surface area contributed by atoms with Crippen LogP contribution in [0.5, 0.6) is 0 Å². The summed E-state index contributed by atoms with van der Waals surface area (Å²) in [4.78, 5) is 10.7. The summed E-state index contributed by atoms with van der Waals surface area (Å²) in [6.45, 7) is 9.66. The number of hydrogen-bond donors (Lipinski definition) is 2. The van der Waals surface area contributed by atoms with Crippen LogP contribution in [0.15, 0.2) is 22.5 Å². The number of halogens is 1. The summed E-state index contributed by atoms with van der Waals surface area (Å²) in [5.41, 5.74) is 0. The Kier molecular flexibility index (Phi) is 11.0. The SMILES string of the molecule is CN=C(NCCN(C)C(C)C)NCC(c1cccs1)N1CCCC1.I. The smallest absolute Gasteiger partial charge is 0.191 e. The van der Waals surface area contributed by atoms with E-state index in [1.165, 1.54) is 30.8 Å². The van der Waals surface area contributed by atoms with Crippen LogP contribution in [-0.2, 0) is 0 Å². The molecule has 1 fully saturated rings. The zero-order chi connectivity index (χ0) is 17.4. The Balaban J connectivity index is 0.00000312. The third-order valence-electron chi connectivity index (χ3n) is 4.78. The zero-order valence-electron chi connectivity index (χ0n) is 16.0. The first-order valence-corrected chi connectivity index (χ1v) is 9.92. The van der Waals surface area contributed by atoms with Gasteiger partial charge in [0.1, 0.15) is 0 Å². The number of guanidine groups is 1. The Morgan fingerprint density at radius 2 is 2.04 bits per heavy atom. The van der Waals surface area contributed by atoms with E-state index in [1.807, 2.05) is 18.4 Å². The van der Waals surface area contributed by atoms with Gasteiger partial charge in [0.05, 0.1) is 6.04 Å². The molecular weight excluding hydrogens is 445 g/mol. The minimum absolute atomic E-state index is 0. The average Bonchev–Trinajstić information content (AvgIpc) is 3.27. The molecule has 0 saturated carbocycles. The third kappa shape index (κ3) is 7.40. The largest absolute Gasteiger partial charge is 0.355 e. The van der Waals surface area contributed by atoms with E-state index in [9.17, 15) is 0 Å². The zero-order valence-corrected chi connectivity index (χ0v) is 19.1. The van der Waals surface area contributed by atoms with Gasteiger partial charge in [-0.25, -0.2) is 0 Å². The standard InChI is InChI=1S/C18H33N5S.HI/c1-15(2)22(4)12-9-20-18(19-3)21-14-16(17-8-7-13-24-17)23-10-5-6-11-23;/h7-8,13,15-16H,5-6,9-12,14H2,1-4H3,(H2,19,20,21);1H. The Hall–Kier alpha value is -0.380. The highest BCUT2D eigenvalue weighted by Crippen LogP contribution is 2.27. The number of likely N-dealkylation sites (N-methyl/N-ethyl adjacent to an activating group) is 1. The summed E-state index contributed by atoms with van der Waals surface area (Å²) >= 11 is 1.85. The summed E-state index contributed by atoms with van der Waals surface area (Å²) in [6, 6.07) is 5.42. The molecule has 0 bridgehead atoms. The summed E-state index contributed by atoms with van der Waals surface area (Å²) in [5.74, 6) is 0.896. The van der Waals surface area contributed by atoms with Crippen LogP contribution in [0.2, 0.25) is 0 Å². The van der Waals surface area contributed by atoms with Crippen molar-refractivity contribution < 1.29 is 0 Å². The lowest BCUT2D eigenvalue weighted by molar-refractivity contribution is 0.248. The number of nitrogens with zero attached hydrogens (tertiary/aromatic N) is 3. The lowest BCUT2D eigenvalue weighted by Gasteiger charge is -2.28. The highest BCUT2D eigenvalue weighted by Gasteiger charge is 2.24. The number of likely N-dealkylation sites (tertiary alicyclic amines) is 1. The van der Waals surface area contributed by atoms with E-state index in [1.54, 1.807) is 0 Å². The summed E-state index contributed by atoms with van der Waals surface area (Å²) in [6.07, 6.45) is 2.63. The van der Waals surface area contributed by atoms with E-state index in [2.05, 4.69) is 63.8 Å². The molecule has 1 aromatic heterocycles. The van der Waals surface area contributed by atoms with Crippen LogP contribution in [-0.4, -0.2) is 68.6 Å². The molecule has 1 unspecified atom stereocenters. The van der Waals surface area contributed by atoms with E-state index in [4.69, 9.17) is 0 Å². The molecule has 1 aliphatic heterocycles. The van der Waals surface area contributed by atoms with E-state index in [-0.39, 0.29) is 24.0 Å². The van der Waals surface area contributed by atoms with Gasteiger partial charge in [-0.1, -0.05) is 6.07 Å². The molecule has 0 radical (unpaired) electrons. The molecule has 2 heterocycles. The van der Waals surface area contributed by atoms with Crippen molar-refractivity contribution in [3.05, 3.63) is 22.4 Å². The predicted molar refractivity (Wildman–Crippen MR) is 120 cm³/mol. The van der Waals surface area contributed by atoms with Gasteiger partial charge in [0, 0.05) is 37.6 Å². The lowest BCUT2D eigenvalue weighted by atomic mass is 10.2. The van der Waals surface area contributed by atoms with Crippen molar-refractivity contribution in [3.8, 4) is 0 Å². The molecule has 2 rings (SSSR count). The normalized spacial score (nSPS) is 17.0. The number of hydrogen-bond acceptors (Lipinski definition) is 4. The number of thiophene rings is 1. The molecular formula is C18H34IN5S. The molecule has 0 amide bonds. The maximum atomic E-state index is 4.37. The molecule has 144 valence electrons. The van der Waals surface area contributed by atoms with E-state index < -0.39 is 0 Å². The van der Waals surface area contributed by atoms with Crippen molar-refractivity contribution in [2.24, 2.45) is 4.99 Å². The lowest BCUT2D eigenvalue weighted by Crippen LogP contribution is -2.45. The summed E-state index contributed by atoms with van der Waals surface area (Å²) < 4.78 is 0. The van der Waals surface area contributed by atoms with Crippen molar-refractivity contribution >= 4 is 41.3 Å². The first kappa shape index (κ1) is 22.7. The van der Waals surface area contributed by atoms with Gasteiger partial charge >= 0.3 is 0 Å². The maximum Gasteiger partial charge on any atom is 0.191 e. The van der Waals surface area contributed by atoms with Gasteiger partial charge in [0.15, 0.2) is 5.96 Å². The van der Waals surface area contributed by atoms with Crippen LogP contribution in [0.3, 0.4) is 0 Å². The van der Waals surface area contributed by atoms with Crippen LogP contribution < -0.4 is 10.6 Å². The number of nitrogens with one attached hydrogen (secondary N) is 2. The van der Waals surface area contributed by atoms with Crippen LogP contribution in [0.4, 0.5) is 0 Å². The second kappa shape index (κ2) is 12.1. The Bertz CT molecular complexity index is 486. The Morgan fingerprint density at radius 3 is 2.60 bits per heavy atom. The monoisotopic (exact) mass is 479 g/mol. The topological polar surface area (TPSA) is 42.9 Å². The van der Waals surface area contributed by atoms with Crippen molar-refractivity contribution in [3.63, 3.8) is 0 Å². The molecule has 7 heteroatoms. The molecule has 5 nitrogen and oxygen atoms in total. The summed E-state index contributed by atoms with van der Waals surface area (Å²) in [5, 5.41) is 9.13. The minimum atomic E-state index is 0. The van der Waals surface area contributed by atoms with Gasteiger partial charge in [-0.15, -0.1) is 35.3 Å². The molecule has 0 aliphatic carbocycles. The summed E-state index contributed by atoms with van der Waals surface area (Å²) in [7, 11) is 4.00. The molecule has 0 spiro atoms. The van der Waals surface area contributed by atoms with Crippen LogP contribution in [0.25, 0.3) is 0 Å². The average molecular weight is 479 g/mol. The molecule has 1 aromatic rings. The fraction of sp³-hybridized carbons (Fsp3) is 0.722. The number of aliphatic imine (C=N–C) groups is 1. The highest BCUT2D eigenvalue weighted by molar-refractivity contribution is 14.0. The molecule has 0 aromatic carbocycles. The van der Waals surface area contributed by atoms with Crippen molar-refractivity contribution in [2.45, 2.75) is 38.8 Å². The molecule has 1 atom stereocenters. The van der Waals surface area contributed by atoms with Gasteiger partial charge in [0.25, 0.3) is 0 Å². The van der Waals surface area contributed by atoms with Gasteiger partial charge in [-0.3, -0.25) is 9.89 Å². The quantitative estimate of drug-likeness (QED) is 0.342. The van der Waals surface area contributed by atoms with Crippen molar-refractivity contribution in [1.29, 1.82) is 0 Å². The molecule has 1 saturated heterocycles. The Labute approximate surface area is 174 Å². The van der Waals surface area contributed by atoms with Crippen LogP contribution >= 0.6 is 35.3 Å². The molecule has 25 heavy (non-hydrogen) atoms. The van der Waals surface area contributed by atoms with Crippen molar-refractivity contribution in [1.82, 2.24) is 20.4 Å². The fourth-order valence-electron chi connectivity index (χ4n) is 2.97. The molecule has 1 aliphatic rings. The van der Waals surface area contributed by atoms with Gasteiger partial charge < -0.3 is 15.5 Å². The highest BCUT2D eigenvalue weighted by atomic mass is 127. The first-order valence-electron chi connectivity index (χ1n) is 9.04. The minimum Gasteiger partial charge on any atom is -0.355 e. The van der Waals surface area contributed by atoms with Gasteiger partial charge in [-0.05, 0) is 58.3 Å². The van der Waals surface area contributed by atoms with Crippen LogP contribution in [0, 0.1) is 0 Å².